The number of benzene rings is 1. The Bertz CT molecular complexity index is 1330. The Kier molecular flexibility index (Phi) is 6.50. The van der Waals surface area contributed by atoms with Crippen molar-refractivity contribution < 1.29 is 28.6 Å². The van der Waals surface area contributed by atoms with Gasteiger partial charge < -0.3 is 19.7 Å². The molecule has 1 aliphatic rings. The number of aryl methyl sites for hydroxylation is 1. The summed E-state index contributed by atoms with van der Waals surface area (Å²) in [5, 5.41) is 11.4. The second kappa shape index (κ2) is 9.54. The number of ether oxygens (including phenoxy) is 1. The number of Topliss-reactive ketones (excluding diaryl/α,β-unsaturated/α-hetero) is 1. The Balaban J connectivity index is 1.89. The predicted octanol–water partition coefficient (Wildman–Crippen LogP) is 3.96. The summed E-state index contributed by atoms with van der Waals surface area (Å²) in [7, 11) is 0. The highest BCUT2D eigenvalue weighted by Gasteiger charge is 2.46. The zero-order valence-corrected chi connectivity index (χ0v) is 19.5. The molecule has 35 heavy (non-hydrogen) atoms. The van der Waals surface area contributed by atoms with Crippen molar-refractivity contribution in [3.63, 3.8) is 0 Å². The normalized spacial score (nSPS) is 17.1. The molecule has 9 heteroatoms. The number of nitrogens with one attached hydrogen (secondary N) is 1. The summed E-state index contributed by atoms with van der Waals surface area (Å²) < 4.78 is 18.7. The van der Waals surface area contributed by atoms with Gasteiger partial charge in [0.15, 0.2) is 0 Å². The molecule has 180 valence electrons. The molecule has 1 aliphatic heterocycles. The fourth-order valence-electron chi connectivity index (χ4n) is 4.37. The molecular formula is C26H24FN3O5. The molecule has 0 bridgehead atoms. The van der Waals surface area contributed by atoms with E-state index in [9.17, 15) is 23.9 Å². The minimum absolute atomic E-state index is 0.0520. The highest BCUT2D eigenvalue weighted by molar-refractivity contribution is 6.46. The van der Waals surface area contributed by atoms with Crippen LogP contribution in [0, 0.1) is 19.7 Å². The second-order valence-electron chi connectivity index (χ2n) is 8.19. The first-order valence-corrected chi connectivity index (χ1v) is 11.0. The number of aliphatic hydroxyl groups is 1. The fraction of sp³-hybridized carbons (Fsp3) is 0.231. The van der Waals surface area contributed by atoms with Gasteiger partial charge in [0.25, 0.3) is 11.7 Å². The highest BCUT2D eigenvalue weighted by atomic mass is 19.1. The van der Waals surface area contributed by atoms with Crippen molar-refractivity contribution in [3.8, 4) is 0 Å². The van der Waals surface area contributed by atoms with E-state index < -0.39 is 35.3 Å². The summed E-state index contributed by atoms with van der Waals surface area (Å²) in [5.74, 6) is -3.18. The van der Waals surface area contributed by atoms with Gasteiger partial charge >= 0.3 is 5.97 Å². The number of ketones is 1. The monoisotopic (exact) mass is 477 g/mol. The third kappa shape index (κ3) is 4.32. The van der Waals surface area contributed by atoms with Crippen LogP contribution < -0.4 is 0 Å². The Morgan fingerprint density at radius 2 is 1.91 bits per heavy atom. The molecule has 1 aromatic carbocycles. The third-order valence-corrected chi connectivity index (χ3v) is 5.96. The van der Waals surface area contributed by atoms with E-state index >= 15 is 0 Å². The molecule has 3 aromatic rings. The maximum absolute atomic E-state index is 13.7. The van der Waals surface area contributed by atoms with Crippen LogP contribution in [-0.4, -0.2) is 44.2 Å². The zero-order valence-electron chi connectivity index (χ0n) is 19.5. The van der Waals surface area contributed by atoms with Crippen LogP contribution in [0.4, 0.5) is 4.39 Å². The Morgan fingerprint density at radius 1 is 1.20 bits per heavy atom. The number of nitrogens with zero attached hydrogens (tertiary/aromatic N) is 2. The zero-order chi connectivity index (χ0) is 25.3. The molecule has 1 fully saturated rings. The average molecular weight is 477 g/mol. The first-order chi connectivity index (χ1) is 16.7. The number of carbonyl (C=O) groups excluding carboxylic acids is 3. The number of aromatic amines is 1. The van der Waals surface area contributed by atoms with Crippen molar-refractivity contribution in [2.75, 3.05) is 6.61 Å². The van der Waals surface area contributed by atoms with Crippen molar-refractivity contribution in [1.82, 2.24) is 14.9 Å². The lowest BCUT2D eigenvalue weighted by molar-refractivity contribution is -0.140. The number of aromatic nitrogens is 2. The molecule has 1 amide bonds. The van der Waals surface area contributed by atoms with Crippen molar-refractivity contribution in [3.05, 3.63) is 93.8 Å². The van der Waals surface area contributed by atoms with E-state index in [2.05, 4.69) is 9.97 Å². The largest absolute Gasteiger partial charge is 0.507 e. The molecule has 1 atom stereocenters. The summed E-state index contributed by atoms with van der Waals surface area (Å²) in [6, 6.07) is 7.89. The lowest BCUT2D eigenvalue weighted by atomic mass is 9.94. The summed E-state index contributed by atoms with van der Waals surface area (Å²) >= 11 is 0. The average Bonchev–Trinajstić information content (AvgIpc) is 3.27. The van der Waals surface area contributed by atoms with Crippen molar-refractivity contribution in [2.24, 2.45) is 0 Å². The summed E-state index contributed by atoms with van der Waals surface area (Å²) in [6.45, 7) is 5.15. The Labute approximate surface area is 201 Å². The molecule has 4 rings (SSSR count). The number of halogens is 1. The van der Waals surface area contributed by atoms with E-state index in [-0.39, 0.29) is 30.0 Å². The number of pyridine rings is 1. The molecular weight excluding hydrogens is 453 g/mol. The summed E-state index contributed by atoms with van der Waals surface area (Å²) in [6.07, 6.45) is 3.17. The minimum Gasteiger partial charge on any atom is -0.507 e. The van der Waals surface area contributed by atoms with E-state index in [1.54, 1.807) is 45.3 Å². The molecule has 0 radical (unpaired) electrons. The fourth-order valence-corrected chi connectivity index (χ4v) is 4.37. The third-order valence-electron chi connectivity index (χ3n) is 5.96. The summed E-state index contributed by atoms with van der Waals surface area (Å²) in [4.78, 5) is 47.0. The van der Waals surface area contributed by atoms with Gasteiger partial charge in [-0.2, -0.15) is 0 Å². The lowest BCUT2D eigenvalue weighted by Gasteiger charge is -2.25. The van der Waals surface area contributed by atoms with Gasteiger partial charge in [0, 0.05) is 30.2 Å². The van der Waals surface area contributed by atoms with Crippen LogP contribution in [0.15, 0.2) is 54.4 Å². The molecule has 0 spiro atoms. The van der Waals surface area contributed by atoms with Gasteiger partial charge in [-0.15, -0.1) is 0 Å². The van der Waals surface area contributed by atoms with Crippen LogP contribution in [0.1, 0.15) is 51.4 Å². The number of likely N-dealkylation sites (tertiary alicyclic amines) is 1. The van der Waals surface area contributed by atoms with E-state index in [1.807, 2.05) is 0 Å². The van der Waals surface area contributed by atoms with Crippen LogP contribution in [0.3, 0.4) is 0 Å². The smallest absolute Gasteiger partial charge is 0.355 e. The van der Waals surface area contributed by atoms with Gasteiger partial charge in [0.1, 0.15) is 17.3 Å². The quantitative estimate of drug-likeness (QED) is 0.241. The predicted molar refractivity (Wildman–Crippen MR) is 125 cm³/mol. The molecule has 0 aliphatic carbocycles. The minimum atomic E-state index is -0.976. The second-order valence-corrected chi connectivity index (χ2v) is 8.19. The number of hydrogen-bond acceptors (Lipinski definition) is 6. The number of aliphatic hydroxyl groups excluding tert-OH is 1. The Hall–Kier alpha value is -4.27. The lowest BCUT2D eigenvalue weighted by Crippen LogP contribution is -2.29. The molecule has 0 unspecified atom stereocenters. The number of carbonyl (C=O) groups is 3. The first-order valence-electron chi connectivity index (χ1n) is 11.0. The van der Waals surface area contributed by atoms with Crippen molar-refractivity contribution in [2.45, 2.75) is 33.4 Å². The van der Waals surface area contributed by atoms with Crippen LogP contribution in [0.25, 0.3) is 5.76 Å². The van der Waals surface area contributed by atoms with Crippen LogP contribution in [-0.2, 0) is 20.9 Å². The van der Waals surface area contributed by atoms with Crippen LogP contribution in [0.2, 0.25) is 0 Å². The topological polar surface area (TPSA) is 113 Å². The maximum Gasteiger partial charge on any atom is 0.355 e. The molecule has 1 saturated heterocycles. The Morgan fingerprint density at radius 3 is 2.54 bits per heavy atom. The van der Waals surface area contributed by atoms with E-state index in [0.717, 1.165) is 0 Å². The molecule has 0 saturated carbocycles. The van der Waals surface area contributed by atoms with Crippen LogP contribution in [0.5, 0.6) is 0 Å². The summed E-state index contributed by atoms with van der Waals surface area (Å²) in [5.41, 5.74) is 2.18. The number of H-pyrrole nitrogens is 1. The van der Waals surface area contributed by atoms with Gasteiger partial charge in [-0.3, -0.25) is 14.6 Å². The van der Waals surface area contributed by atoms with E-state index in [1.165, 1.54) is 29.2 Å². The van der Waals surface area contributed by atoms with Gasteiger partial charge in [0.2, 0.25) is 0 Å². The van der Waals surface area contributed by atoms with Gasteiger partial charge in [0.05, 0.1) is 18.2 Å². The van der Waals surface area contributed by atoms with Crippen LogP contribution >= 0.6 is 0 Å². The number of hydrogen-bond donors (Lipinski definition) is 2. The van der Waals surface area contributed by atoms with E-state index in [4.69, 9.17) is 4.74 Å². The highest BCUT2D eigenvalue weighted by Crippen LogP contribution is 2.41. The first kappa shape index (κ1) is 23.9. The molecule has 8 nitrogen and oxygen atoms in total. The number of amides is 1. The SMILES string of the molecule is CCOC(=O)c1[nH]c(C)c(C(O)=C2C(=O)C(=O)N(Cc3cccnc3)[C@@H]2c2ccc(F)cc2)c1C. The maximum atomic E-state index is 13.7. The van der Waals surface area contributed by atoms with Crippen molar-refractivity contribution in [1.29, 1.82) is 0 Å². The van der Waals surface area contributed by atoms with Gasteiger partial charge in [-0.1, -0.05) is 18.2 Å². The standard InChI is InChI=1S/C26H24FN3O5/c1-4-35-26(34)21-14(2)19(15(3)29-21)23(31)20-22(17-7-9-18(27)10-8-17)30(25(33)24(20)32)13-16-6-5-11-28-12-16/h5-12,22,29,31H,4,13H2,1-3H3/t22-/m1/s1. The molecule has 2 N–H and O–H groups in total. The van der Waals surface area contributed by atoms with Gasteiger partial charge in [-0.25, -0.2) is 9.18 Å². The van der Waals surface area contributed by atoms with Gasteiger partial charge in [-0.05, 0) is 55.7 Å². The number of rotatable bonds is 6. The molecule has 2 aromatic heterocycles. The van der Waals surface area contributed by atoms with E-state index in [0.29, 0.717) is 22.4 Å². The molecule has 3 heterocycles. The van der Waals surface area contributed by atoms with Crippen molar-refractivity contribution >= 4 is 23.4 Å². The number of esters is 1.